The van der Waals surface area contributed by atoms with Gasteiger partial charge in [-0.2, -0.15) is 4.31 Å². The first-order valence-electron chi connectivity index (χ1n) is 10.7. The smallest absolute Gasteiger partial charge is 0.337 e. The van der Waals surface area contributed by atoms with Crippen LogP contribution >= 0.6 is 11.6 Å². The Morgan fingerprint density at radius 3 is 2.03 bits per heavy atom. The van der Waals surface area contributed by atoms with Gasteiger partial charge in [0.2, 0.25) is 15.9 Å². The molecule has 0 heterocycles. The van der Waals surface area contributed by atoms with E-state index in [1.165, 1.54) is 66.7 Å². The maximum absolute atomic E-state index is 14.4. The summed E-state index contributed by atoms with van der Waals surface area (Å²) in [6.07, 6.45) is 0. The number of ether oxygens (including phenoxy) is 2. The molecule has 0 unspecified atom stereocenters. The van der Waals surface area contributed by atoms with Crippen molar-refractivity contribution in [2.45, 2.75) is 11.4 Å². The zero-order valence-electron chi connectivity index (χ0n) is 19.7. The van der Waals surface area contributed by atoms with Crippen LogP contribution in [0.4, 0.5) is 10.1 Å². The summed E-state index contributed by atoms with van der Waals surface area (Å²) in [6.45, 7) is -1.16. The summed E-state index contributed by atoms with van der Waals surface area (Å²) >= 11 is 5.87. The number of amides is 1. The van der Waals surface area contributed by atoms with E-state index < -0.39 is 46.8 Å². The van der Waals surface area contributed by atoms with Crippen molar-refractivity contribution in [3.63, 3.8) is 0 Å². The second kappa shape index (κ2) is 12.0. The number of carbonyl (C=O) groups excluding carboxylic acids is 3. The molecule has 0 atom stereocenters. The van der Waals surface area contributed by atoms with Gasteiger partial charge in [0.15, 0.2) is 0 Å². The SMILES string of the molecule is COC(=O)c1cc(NC(=O)CN(Cc2ccccc2F)S(=O)(=O)c2ccc(Cl)cc2)cc(C(=O)OC)c1. The number of nitrogens with one attached hydrogen (secondary N) is 1. The summed E-state index contributed by atoms with van der Waals surface area (Å²) in [5.41, 5.74) is -0.0214. The van der Waals surface area contributed by atoms with E-state index in [9.17, 15) is 27.2 Å². The molecule has 1 amide bonds. The van der Waals surface area contributed by atoms with Crippen molar-refractivity contribution in [1.29, 1.82) is 0 Å². The molecule has 3 rings (SSSR count). The van der Waals surface area contributed by atoms with Crippen LogP contribution in [0.2, 0.25) is 5.02 Å². The van der Waals surface area contributed by atoms with Gasteiger partial charge in [0.25, 0.3) is 0 Å². The quantitative estimate of drug-likeness (QED) is 0.403. The van der Waals surface area contributed by atoms with Crippen molar-refractivity contribution >= 4 is 45.2 Å². The average Bonchev–Trinajstić information content (AvgIpc) is 2.88. The molecule has 0 aliphatic carbocycles. The van der Waals surface area contributed by atoms with Crippen molar-refractivity contribution < 1.29 is 36.7 Å². The van der Waals surface area contributed by atoms with Crippen molar-refractivity contribution in [2.75, 3.05) is 26.1 Å². The minimum Gasteiger partial charge on any atom is -0.465 e. The first-order valence-corrected chi connectivity index (χ1v) is 12.5. The van der Waals surface area contributed by atoms with E-state index in [0.717, 1.165) is 18.5 Å². The summed E-state index contributed by atoms with van der Waals surface area (Å²) < 4.78 is 51.2. The molecule has 0 fully saturated rings. The lowest BCUT2D eigenvalue weighted by atomic mass is 10.1. The third-order valence-electron chi connectivity index (χ3n) is 5.13. The lowest BCUT2D eigenvalue weighted by Crippen LogP contribution is -2.37. The number of esters is 2. The zero-order valence-corrected chi connectivity index (χ0v) is 21.3. The van der Waals surface area contributed by atoms with Gasteiger partial charge in [-0.15, -0.1) is 0 Å². The van der Waals surface area contributed by atoms with Crippen molar-refractivity contribution in [2.24, 2.45) is 0 Å². The number of rotatable bonds is 9. The van der Waals surface area contributed by atoms with Gasteiger partial charge in [-0.25, -0.2) is 22.4 Å². The summed E-state index contributed by atoms with van der Waals surface area (Å²) in [5.74, 6) is -3.00. The first-order chi connectivity index (χ1) is 17.5. The Bertz CT molecular complexity index is 1390. The number of hydrogen-bond acceptors (Lipinski definition) is 7. The van der Waals surface area contributed by atoms with Crippen LogP contribution in [0.3, 0.4) is 0 Å². The van der Waals surface area contributed by atoms with Crippen molar-refractivity contribution in [3.05, 3.63) is 94.3 Å². The van der Waals surface area contributed by atoms with E-state index in [1.807, 2.05) is 0 Å². The second-order valence-electron chi connectivity index (χ2n) is 7.65. The number of carbonyl (C=O) groups is 3. The largest absolute Gasteiger partial charge is 0.465 e. The van der Waals surface area contributed by atoms with E-state index in [-0.39, 0.29) is 27.3 Å². The highest BCUT2D eigenvalue weighted by atomic mass is 35.5. The summed E-state index contributed by atoms with van der Waals surface area (Å²) in [7, 11) is -1.98. The third-order valence-corrected chi connectivity index (χ3v) is 7.19. The molecule has 0 saturated heterocycles. The molecular formula is C25H22ClFN2O7S. The van der Waals surface area contributed by atoms with Gasteiger partial charge < -0.3 is 14.8 Å². The highest BCUT2D eigenvalue weighted by Gasteiger charge is 2.28. The summed E-state index contributed by atoms with van der Waals surface area (Å²) in [5, 5.41) is 2.78. The lowest BCUT2D eigenvalue weighted by Gasteiger charge is -2.22. The van der Waals surface area contributed by atoms with Gasteiger partial charge in [0.05, 0.1) is 36.8 Å². The molecule has 0 saturated carbocycles. The molecule has 0 aliphatic heterocycles. The van der Waals surface area contributed by atoms with Crippen LogP contribution < -0.4 is 5.32 Å². The number of benzene rings is 3. The molecule has 3 aromatic rings. The lowest BCUT2D eigenvalue weighted by molar-refractivity contribution is -0.116. The van der Waals surface area contributed by atoms with Gasteiger partial charge in [-0.3, -0.25) is 4.79 Å². The zero-order chi connectivity index (χ0) is 27.2. The van der Waals surface area contributed by atoms with Crippen molar-refractivity contribution in [3.8, 4) is 0 Å². The molecule has 37 heavy (non-hydrogen) atoms. The highest BCUT2D eigenvalue weighted by molar-refractivity contribution is 7.89. The number of halogens is 2. The topological polar surface area (TPSA) is 119 Å². The van der Waals surface area contributed by atoms with E-state index in [4.69, 9.17) is 11.6 Å². The van der Waals surface area contributed by atoms with E-state index in [0.29, 0.717) is 5.02 Å². The number of methoxy groups -OCH3 is 2. The predicted octanol–water partition coefficient (Wildman–Crippen LogP) is 3.88. The predicted molar refractivity (Wildman–Crippen MR) is 133 cm³/mol. The normalized spacial score (nSPS) is 11.2. The molecule has 194 valence electrons. The number of nitrogens with zero attached hydrogens (tertiary/aromatic N) is 1. The summed E-state index contributed by atoms with van der Waals surface area (Å²) in [6, 6.07) is 14.6. The van der Waals surface area contributed by atoms with Gasteiger partial charge in [0, 0.05) is 22.8 Å². The Hall–Kier alpha value is -3.80. The van der Waals surface area contributed by atoms with Crippen LogP contribution in [0.25, 0.3) is 0 Å². The highest BCUT2D eigenvalue weighted by Crippen LogP contribution is 2.22. The van der Waals surface area contributed by atoms with Crippen LogP contribution in [0.5, 0.6) is 0 Å². The maximum Gasteiger partial charge on any atom is 0.337 e. The average molecular weight is 549 g/mol. The number of anilines is 1. The minimum atomic E-state index is -4.27. The molecule has 1 N–H and O–H groups in total. The first kappa shape index (κ1) is 27.8. The van der Waals surface area contributed by atoms with E-state index >= 15 is 0 Å². The monoisotopic (exact) mass is 548 g/mol. The van der Waals surface area contributed by atoms with Crippen LogP contribution in [0, 0.1) is 5.82 Å². The Labute approximate surface area is 217 Å². The molecule has 0 radical (unpaired) electrons. The van der Waals surface area contributed by atoms with Gasteiger partial charge in [-0.1, -0.05) is 29.8 Å². The molecule has 0 bridgehead atoms. The molecule has 3 aromatic carbocycles. The van der Waals surface area contributed by atoms with E-state index in [2.05, 4.69) is 14.8 Å². The standard InChI is InChI=1S/C25H22ClFN2O7S/c1-35-24(31)17-11-18(25(32)36-2)13-20(12-17)28-23(30)15-29(14-16-5-3-4-6-22(16)27)37(33,34)21-9-7-19(26)8-10-21/h3-13H,14-15H2,1-2H3,(H,28,30). The Kier molecular flexibility index (Phi) is 8.98. The van der Waals surface area contributed by atoms with Gasteiger partial charge >= 0.3 is 11.9 Å². The molecule has 9 nitrogen and oxygen atoms in total. The second-order valence-corrected chi connectivity index (χ2v) is 10.0. The van der Waals surface area contributed by atoms with Crippen LogP contribution in [-0.4, -0.2) is 51.3 Å². The van der Waals surface area contributed by atoms with Crippen LogP contribution in [0.1, 0.15) is 26.3 Å². The van der Waals surface area contributed by atoms with Crippen LogP contribution in [0.15, 0.2) is 71.6 Å². The molecule has 12 heteroatoms. The van der Waals surface area contributed by atoms with E-state index in [1.54, 1.807) is 0 Å². The Balaban J connectivity index is 1.94. The molecular weight excluding hydrogens is 527 g/mol. The summed E-state index contributed by atoms with van der Waals surface area (Å²) in [4.78, 5) is 36.9. The number of hydrogen-bond donors (Lipinski definition) is 1. The third kappa shape index (κ3) is 6.91. The molecule has 0 aliphatic rings. The Morgan fingerprint density at radius 2 is 1.49 bits per heavy atom. The fourth-order valence-corrected chi connectivity index (χ4v) is 4.83. The Morgan fingerprint density at radius 1 is 0.919 bits per heavy atom. The van der Waals surface area contributed by atoms with Gasteiger partial charge in [-0.05, 0) is 48.5 Å². The van der Waals surface area contributed by atoms with Gasteiger partial charge in [0.1, 0.15) is 5.82 Å². The molecule has 0 aromatic heterocycles. The van der Waals surface area contributed by atoms with Crippen LogP contribution in [-0.2, 0) is 30.8 Å². The number of sulfonamides is 1. The fraction of sp³-hybridized carbons (Fsp3) is 0.160. The van der Waals surface area contributed by atoms with Crippen molar-refractivity contribution in [1.82, 2.24) is 4.31 Å². The fourth-order valence-electron chi connectivity index (χ4n) is 3.33. The molecule has 0 spiro atoms. The minimum absolute atomic E-state index is 0.0167. The maximum atomic E-state index is 14.4.